The summed E-state index contributed by atoms with van der Waals surface area (Å²) in [6.07, 6.45) is 0. The fraction of sp³-hybridized carbons (Fsp3) is 0.0667. The van der Waals surface area contributed by atoms with Crippen molar-refractivity contribution < 1.29 is 18.4 Å². The Labute approximate surface area is 140 Å². The molecule has 0 radical (unpaired) electrons. The number of para-hydroxylation sites is 1. The van der Waals surface area contributed by atoms with Crippen molar-refractivity contribution in [1.82, 2.24) is 5.32 Å². The molecular weight excluding hydrogens is 349 g/mol. The Morgan fingerprint density at radius 3 is 2.26 bits per heavy atom. The summed E-state index contributed by atoms with van der Waals surface area (Å²) in [6, 6.07) is 7.39. The molecule has 0 aliphatic rings. The molecule has 2 amide bonds. The van der Waals surface area contributed by atoms with Crippen molar-refractivity contribution in [3.8, 4) is 0 Å². The minimum absolute atomic E-state index is 0.192. The Morgan fingerprint density at radius 2 is 1.65 bits per heavy atom. The summed E-state index contributed by atoms with van der Waals surface area (Å²) in [5.41, 5.74) is -0.370. The van der Waals surface area contributed by atoms with E-state index in [0.717, 1.165) is 12.1 Å². The predicted octanol–water partition coefficient (Wildman–Crippen LogP) is 3.64. The van der Waals surface area contributed by atoms with Gasteiger partial charge in [0.2, 0.25) is 5.91 Å². The third-order valence-corrected chi connectivity index (χ3v) is 3.56. The highest BCUT2D eigenvalue weighted by Crippen LogP contribution is 2.22. The van der Waals surface area contributed by atoms with Gasteiger partial charge in [-0.2, -0.15) is 0 Å². The van der Waals surface area contributed by atoms with Crippen LogP contribution in [-0.2, 0) is 4.79 Å². The highest BCUT2D eigenvalue weighted by Gasteiger charge is 2.13. The Bertz CT molecular complexity index is 749. The van der Waals surface area contributed by atoms with Crippen molar-refractivity contribution >= 4 is 40.7 Å². The Balaban J connectivity index is 1.96. The number of nitrogens with one attached hydrogen (secondary N) is 2. The lowest BCUT2D eigenvalue weighted by Gasteiger charge is -2.09. The zero-order chi connectivity index (χ0) is 17.0. The van der Waals surface area contributed by atoms with Gasteiger partial charge in [0.05, 0.1) is 16.6 Å². The molecule has 0 bridgehead atoms. The molecule has 0 heterocycles. The molecule has 0 aliphatic carbocycles. The number of amides is 2. The van der Waals surface area contributed by atoms with E-state index in [-0.39, 0.29) is 15.6 Å². The molecule has 23 heavy (non-hydrogen) atoms. The van der Waals surface area contributed by atoms with Crippen molar-refractivity contribution in [1.29, 1.82) is 0 Å². The van der Waals surface area contributed by atoms with Crippen LogP contribution >= 0.6 is 23.2 Å². The second-order valence-corrected chi connectivity index (χ2v) is 5.27. The van der Waals surface area contributed by atoms with Gasteiger partial charge >= 0.3 is 0 Å². The second kappa shape index (κ2) is 7.39. The largest absolute Gasteiger partial charge is 0.343 e. The quantitative estimate of drug-likeness (QED) is 0.876. The number of carbonyl (C=O) groups is 2. The fourth-order valence-corrected chi connectivity index (χ4v) is 2.00. The molecule has 0 spiro atoms. The summed E-state index contributed by atoms with van der Waals surface area (Å²) >= 11 is 11.5. The molecule has 8 heteroatoms. The molecule has 120 valence electrons. The van der Waals surface area contributed by atoms with E-state index in [1.807, 2.05) is 0 Å². The fourth-order valence-electron chi connectivity index (χ4n) is 1.70. The lowest BCUT2D eigenvalue weighted by molar-refractivity contribution is -0.115. The van der Waals surface area contributed by atoms with Crippen molar-refractivity contribution in [2.24, 2.45) is 0 Å². The van der Waals surface area contributed by atoms with E-state index in [9.17, 15) is 18.4 Å². The number of hydrogen-bond donors (Lipinski definition) is 2. The van der Waals surface area contributed by atoms with Gasteiger partial charge < -0.3 is 10.6 Å². The van der Waals surface area contributed by atoms with Crippen molar-refractivity contribution in [3.05, 3.63) is 63.6 Å². The molecule has 0 saturated carbocycles. The van der Waals surface area contributed by atoms with Crippen LogP contribution in [0.2, 0.25) is 10.0 Å². The number of anilines is 1. The van der Waals surface area contributed by atoms with Crippen LogP contribution in [0.1, 0.15) is 10.4 Å². The molecule has 0 atom stereocenters. The lowest BCUT2D eigenvalue weighted by atomic mass is 10.2. The Kier molecular flexibility index (Phi) is 5.52. The molecule has 0 unspecified atom stereocenters. The second-order valence-electron chi connectivity index (χ2n) is 4.46. The van der Waals surface area contributed by atoms with Crippen LogP contribution in [-0.4, -0.2) is 18.4 Å². The maximum absolute atomic E-state index is 13.4. The highest BCUT2D eigenvalue weighted by molar-refractivity contribution is 6.42. The number of hydrogen-bond acceptors (Lipinski definition) is 2. The summed E-state index contributed by atoms with van der Waals surface area (Å²) in [5, 5.41) is 4.84. The van der Waals surface area contributed by atoms with E-state index in [1.54, 1.807) is 0 Å². The van der Waals surface area contributed by atoms with Crippen molar-refractivity contribution in [2.75, 3.05) is 11.9 Å². The molecule has 2 aromatic rings. The molecular formula is C15H10Cl2F2N2O2. The summed E-state index contributed by atoms with van der Waals surface area (Å²) in [7, 11) is 0. The van der Waals surface area contributed by atoms with E-state index < -0.39 is 35.7 Å². The first kappa shape index (κ1) is 17.2. The predicted molar refractivity (Wildman–Crippen MR) is 83.8 cm³/mol. The Hall–Kier alpha value is -2.18. The standard InChI is InChI=1S/C15H10Cl2F2N2O2/c16-9-5-4-8(6-10(9)17)15(23)20-7-13(22)21-14-11(18)2-1-3-12(14)19/h1-6H,7H2,(H,20,23)(H,21,22). The van der Waals surface area contributed by atoms with Crippen LogP contribution < -0.4 is 10.6 Å². The first-order valence-corrected chi connectivity index (χ1v) is 7.11. The van der Waals surface area contributed by atoms with Gasteiger partial charge in [0.25, 0.3) is 5.91 Å². The molecule has 0 fully saturated rings. The molecule has 0 saturated heterocycles. The van der Waals surface area contributed by atoms with Crippen LogP contribution in [0.3, 0.4) is 0 Å². The van der Waals surface area contributed by atoms with E-state index in [4.69, 9.17) is 23.2 Å². The van der Waals surface area contributed by atoms with Crippen LogP contribution in [0.15, 0.2) is 36.4 Å². The number of carbonyl (C=O) groups excluding carboxylic acids is 2. The SMILES string of the molecule is O=C(CNC(=O)c1ccc(Cl)c(Cl)c1)Nc1c(F)cccc1F. The van der Waals surface area contributed by atoms with Gasteiger partial charge in [-0.1, -0.05) is 29.3 Å². The van der Waals surface area contributed by atoms with Gasteiger partial charge in [0.1, 0.15) is 17.3 Å². The first-order valence-electron chi connectivity index (χ1n) is 6.35. The number of rotatable bonds is 4. The molecule has 4 nitrogen and oxygen atoms in total. The Morgan fingerprint density at radius 1 is 1.00 bits per heavy atom. The van der Waals surface area contributed by atoms with Crippen molar-refractivity contribution in [2.45, 2.75) is 0 Å². The average molecular weight is 359 g/mol. The minimum atomic E-state index is -0.908. The van der Waals surface area contributed by atoms with Gasteiger partial charge in [-0.3, -0.25) is 9.59 Å². The topological polar surface area (TPSA) is 58.2 Å². The first-order chi connectivity index (χ1) is 10.9. The van der Waals surface area contributed by atoms with Gasteiger partial charge in [-0.25, -0.2) is 8.78 Å². The highest BCUT2D eigenvalue weighted by atomic mass is 35.5. The zero-order valence-corrected chi connectivity index (χ0v) is 13.0. The molecule has 2 aromatic carbocycles. The summed E-state index contributed by atoms with van der Waals surface area (Å²) in [4.78, 5) is 23.5. The molecule has 0 aromatic heterocycles. The number of halogens is 4. The van der Waals surface area contributed by atoms with Gasteiger partial charge in [0.15, 0.2) is 0 Å². The van der Waals surface area contributed by atoms with Gasteiger partial charge in [-0.15, -0.1) is 0 Å². The molecule has 0 aliphatic heterocycles. The van der Waals surface area contributed by atoms with Crippen LogP contribution in [0, 0.1) is 11.6 Å². The number of benzene rings is 2. The maximum atomic E-state index is 13.4. The van der Waals surface area contributed by atoms with Crippen LogP contribution in [0.5, 0.6) is 0 Å². The molecule has 2 N–H and O–H groups in total. The van der Waals surface area contributed by atoms with E-state index >= 15 is 0 Å². The lowest BCUT2D eigenvalue weighted by Crippen LogP contribution is -2.33. The van der Waals surface area contributed by atoms with Crippen LogP contribution in [0.4, 0.5) is 14.5 Å². The minimum Gasteiger partial charge on any atom is -0.343 e. The smallest absolute Gasteiger partial charge is 0.251 e. The van der Waals surface area contributed by atoms with E-state index in [0.29, 0.717) is 0 Å². The van der Waals surface area contributed by atoms with E-state index in [1.165, 1.54) is 24.3 Å². The summed E-state index contributed by atoms with van der Waals surface area (Å²) in [5.74, 6) is -3.17. The third-order valence-electron chi connectivity index (χ3n) is 2.82. The van der Waals surface area contributed by atoms with E-state index in [2.05, 4.69) is 10.6 Å². The van der Waals surface area contributed by atoms with Gasteiger partial charge in [0, 0.05) is 5.56 Å². The maximum Gasteiger partial charge on any atom is 0.251 e. The summed E-state index contributed by atoms with van der Waals surface area (Å²) in [6.45, 7) is -0.465. The zero-order valence-electron chi connectivity index (χ0n) is 11.5. The monoisotopic (exact) mass is 358 g/mol. The summed E-state index contributed by atoms with van der Waals surface area (Å²) < 4.78 is 26.8. The van der Waals surface area contributed by atoms with Crippen LogP contribution in [0.25, 0.3) is 0 Å². The average Bonchev–Trinajstić information content (AvgIpc) is 2.51. The normalized spacial score (nSPS) is 10.3. The van der Waals surface area contributed by atoms with Gasteiger partial charge in [-0.05, 0) is 30.3 Å². The molecule has 2 rings (SSSR count). The third kappa shape index (κ3) is 4.40. The van der Waals surface area contributed by atoms with Crippen molar-refractivity contribution in [3.63, 3.8) is 0 Å².